The molecule has 1 aliphatic heterocycles. The van der Waals surface area contributed by atoms with Gasteiger partial charge < -0.3 is 26.0 Å². The molecule has 40 heavy (non-hydrogen) atoms. The van der Waals surface area contributed by atoms with Crippen LogP contribution in [0.3, 0.4) is 0 Å². The molecule has 1 aliphatic rings. The lowest BCUT2D eigenvalue weighted by molar-refractivity contribution is -0.122. The summed E-state index contributed by atoms with van der Waals surface area (Å²) in [6, 6.07) is 15.9. The van der Waals surface area contributed by atoms with E-state index in [-0.39, 0.29) is 41.4 Å². The van der Waals surface area contributed by atoms with Crippen LogP contribution >= 0.6 is 12.4 Å². The molecule has 1 saturated heterocycles. The highest BCUT2D eigenvalue weighted by atomic mass is 35.5. The zero-order chi connectivity index (χ0) is 27.6. The first-order valence-corrected chi connectivity index (χ1v) is 14.3. The largest absolute Gasteiger partial charge is 0.508 e. The van der Waals surface area contributed by atoms with Gasteiger partial charge in [-0.05, 0) is 71.8 Å². The summed E-state index contributed by atoms with van der Waals surface area (Å²) < 4.78 is 29.6. The second-order valence-corrected chi connectivity index (χ2v) is 11.7. The molecule has 10 nitrogen and oxygen atoms in total. The van der Waals surface area contributed by atoms with Gasteiger partial charge in [0.1, 0.15) is 11.8 Å². The Bertz CT molecular complexity index is 1640. The Morgan fingerprint density at radius 2 is 1.90 bits per heavy atom. The van der Waals surface area contributed by atoms with Crippen molar-refractivity contribution in [2.45, 2.75) is 30.2 Å². The van der Waals surface area contributed by atoms with Crippen LogP contribution in [-0.2, 0) is 21.2 Å². The van der Waals surface area contributed by atoms with Crippen molar-refractivity contribution in [3.05, 3.63) is 72.4 Å². The molecule has 212 valence electrons. The summed E-state index contributed by atoms with van der Waals surface area (Å²) in [7, 11) is -4.06. The number of hydrogen-bond donors (Lipinski definition) is 6. The van der Waals surface area contributed by atoms with Gasteiger partial charge in [0.05, 0.1) is 4.90 Å². The number of phenolic OH excluding ortho intramolecular Hbond substituents is 1. The molecule has 1 unspecified atom stereocenters. The number of benzene rings is 3. The van der Waals surface area contributed by atoms with E-state index in [9.17, 15) is 18.3 Å². The van der Waals surface area contributed by atoms with Gasteiger partial charge >= 0.3 is 0 Å². The van der Waals surface area contributed by atoms with Crippen LogP contribution in [0.1, 0.15) is 18.4 Å². The maximum atomic E-state index is 13.5. The van der Waals surface area contributed by atoms with E-state index < -0.39 is 22.0 Å². The van der Waals surface area contributed by atoms with Gasteiger partial charge in [-0.3, -0.25) is 10.2 Å². The number of aromatic amines is 1. The first-order valence-electron chi connectivity index (χ1n) is 12.9. The van der Waals surface area contributed by atoms with E-state index in [1.807, 2.05) is 24.3 Å². The van der Waals surface area contributed by atoms with Gasteiger partial charge in [0.15, 0.2) is 5.96 Å². The molecule has 2 atom stereocenters. The molecule has 0 bridgehead atoms. The van der Waals surface area contributed by atoms with Crippen LogP contribution < -0.4 is 15.8 Å². The van der Waals surface area contributed by atoms with Gasteiger partial charge in [0.2, 0.25) is 15.9 Å². The number of carbonyl (C=O) groups is 1. The van der Waals surface area contributed by atoms with Crippen molar-refractivity contribution in [2.75, 3.05) is 19.6 Å². The van der Waals surface area contributed by atoms with Crippen LogP contribution in [0.4, 0.5) is 0 Å². The number of rotatable bonds is 8. The lowest BCUT2D eigenvalue weighted by atomic mass is 9.98. The number of hydrogen-bond acceptors (Lipinski definition) is 5. The molecule has 0 spiro atoms. The molecule has 1 fully saturated rings. The number of H-pyrrole nitrogens is 1. The number of piperidine rings is 1. The van der Waals surface area contributed by atoms with Crippen molar-refractivity contribution < 1.29 is 18.3 Å². The van der Waals surface area contributed by atoms with E-state index >= 15 is 0 Å². The van der Waals surface area contributed by atoms with Gasteiger partial charge in [-0.1, -0.05) is 30.3 Å². The Morgan fingerprint density at radius 1 is 1.15 bits per heavy atom. The summed E-state index contributed by atoms with van der Waals surface area (Å²) in [5.74, 6) is -0.207. The molecule has 1 aromatic heterocycles. The zero-order valence-electron chi connectivity index (χ0n) is 21.8. The van der Waals surface area contributed by atoms with Crippen LogP contribution in [0.2, 0.25) is 0 Å². The number of sulfonamides is 1. The number of para-hydroxylation sites is 1. The van der Waals surface area contributed by atoms with Gasteiger partial charge in [0.25, 0.3) is 0 Å². The van der Waals surface area contributed by atoms with E-state index in [1.165, 1.54) is 18.2 Å². The van der Waals surface area contributed by atoms with Gasteiger partial charge in [-0.25, -0.2) is 8.42 Å². The number of halogens is 1. The summed E-state index contributed by atoms with van der Waals surface area (Å²) >= 11 is 0. The third-order valence-electron chi connectivity index (χ3n) is 7.24. The van der Waals surface area contributed by atoms with E-state index in [4.69, 9.17) is 11.1 Å². The Labute approximate surface area is 238 Å². The van der Waals surface area contributed by atoms with Crippen molar-refractivity contribution >= 4 is 56.0 Å². The van der Waals surface area contributed by atoms with Crippen molar-refractivity contribution in [1.29, 1.82) is 5.41 Å². The fourth-order valence-corrected chi connectivity index (χ4v) is 6.39. The number of nitrogens with one attached hydrogen (secondary N) is 4. The minimum Gasteiger partial charge on any atom is -0.508 e. The number of phenols is 1. The molecule has 0 aliphatic carbocycles. The van der Waals surface area contributed by atoms with Crippen molar-refractivity contribution in [1.82, 2.24) is 19.9 Å². The predicted octanol–water partition coefficient (Wildman–Crippen LogP) is 3.06. The van der Waals surface area contributed by atoms with E-state index in [0.29, 0.717) is 30.4 Å². The molecule has 5 rings (SSSR count). The predicted molar refractivity (Wildman–Crippen MR) is 158 cm³/mol. The van der Waals surface area contributed by atoms with E-state index in [1.54, 1.807) is 29.3 Å². The number of carbonyl (C=O) groups excluding carboxylic acids is 1. The van der Waals surface area contributed by atoms with Crippen molar-refractivity contribution in [2.24, 2.45) is 11.7 Å². The maximum Gasteiger partial charge on any atom is 0.241 e. The van der Waals surface area contributed by atoms with Gasteiger partial charge in [-0.2, -0.15) is 4.72 Å². The van der Waals surface area contributed by atoms with Crippen LogP contribution in [0.15, 0.2) is 71.8 Å². The highest BCUT2D eigenvalue weighted by Crippen LogP contribution is 2.24. The molecule has 3 aromatic carbocycles. The normalized spacial score (nSPS) is 16.4. The Kier molecular flexibility index (Phi) is 8.87. The molecule has 0 radical (unpaired) electrons. The van der Waals surface area contributed by atoms with Gasteiger partial charge in [0, 0.05) is 36.7 Å². The van der Waals surface area contributed by atoms with Crippen molar-refractivity contribution in [3.63, 3.8) is 0 Å². The fraction of sp³-hybridized carbons (Fsp3) is 0.286. The number of amides is 1. The average molecular weight is 585 g/mol. The summed E-state index contributed by atoms with van der Waals surface area (Å²) in [6.45, 7) is 1.64. The summed E-state index contributed by atoms with van der Waals surface area (Å²) in [5, 5.41) is 22.6. The monoisotopic (exact) mass is 584 g/mol. The Hall–Kier alpha value is -3.80. The number of aromatic hydroxyl groups is 1. The molecular weight excluding hydrogens is 552 g/mol. The topological polar surface area (TPSA) is 164 Å². The number of guanidine groups is 1. The van der Waals surface area contributed by atoms with Crippen LogP contribution in [-0.4, -0.2) is 61.0 Å². The lowest BCUT2D eigenvalue weighted by Gasteiger charge is -2.33. The molecule has 7 N–H and O–H groups in total. The zero-order valence-corrected chi connectivity index (χ0v) is 23.4. The lowest BCUT2D eigenvalue weighted by Crippen LogP contribution is -2.51. The number of fused-ring (bicyclic) bond motifs is 2. The van der Waals surface area contributed by atoms with Crippen LogP contribution in [0.5, 0.6) is 5.75 Å². The smallest absolute Gasteiger partial charge is 0.241 e. The third kappa shape index (κ3) is 6.49. The number of nitrogens with two attached hydrogens (primary N) is 1. The highest BCUT2D eigenvalue weighted by molar-refractivity contribution is 7.89. The molecule has 2 heterocycles. The molecule has 4 aromatic rings. The molecular formula is C28H33ClN6O4S. The number of likely N-dealkylation sites (tertiary alicyclic amines) is 1. The van der Waals surface area contributed by atoms with Crippen molar-refractivity contribution in [3.8, 4) is 5.75 Å². The number of nitrogens with zero attached hydrogens (tertiary/aromatic N) is 1. The first-order chi connectivity index (χ1) is 18.7. The van der Waals surface area contributed by atoms with Crippen LogP contribution in [0.25, 0.3) is 21.7 Å². The Balaban J connectivity index is 0.00000370. The molecule has 1 amide bonds. The van der Waals surface area contributed by atoms with E-state index in [0.717, 1.165) is 29.3 Å². The maximum absolute atomic E-state index is 13.5. The fourth-order valence-electron chi connectivity index (χ4n) is 5.16. The molecule has 12 heteroatoms. The minimum atomic E-state index is -4.06. The SMILES string of the molecule is Cl.N=C(N)N1CCCC(CNC(=O)[C@@H](Cc2c[nH]c3ccccc23)NS(=O)(=O)c2ccc3cc(O)ccc3c2)C1. The summed E-state index contributed by atoms with van der Waals surface area (Å²) in [5.41, 5.74) is 7.38. The van der Waals surface area contributed by atoms with Crippen LogP contribution in [0, 0.1) is 11.3 Å². The second-order valence-electron chi connectivity index (χ2n) is 10.0. The standard InChI is InChI=1S/C28H32N6O4S.ClH/c29-28(30)34-11-3-4-18(17-34)15-32-27(36)26(14-21-16-31-25-6-2-1-5-24(21)25)33-39(37,38)23-10-8-19-12-22(35)9-7-20(19)13-23;/h1-2,5-10,12-13,16,18,26,31,33,35H,3-4,11,14-15,17H2,(H3,29,30)(H,32,36);1H/t18?,26-;/m1./s1. The molecule has 0 saturated carbocycles. The quantitative estimate of drug-likeness (QED) is 0.138. The van der Waals surface area contributed by atoms with E-state index in [2.05, 4.69) is 15.0 Å². The summed E-state index contributed by atoms with van der Waals surface area (Å²) in [4.78, 5) is 18.5. The first kappa shape index (κ1) is 29.2. The highest BCUT2D eigenvalue weighted by Gasteiger charge is 2.28. The summed E-state index contributed by atoms with van der Waals surface area (Å²) in [6.07, 6.45) is 3.70. The number of aromatic nitrogens is 1. The Morgan fingerprint density at radius 3 is 2.70 bits per heavy atom. The van der Waals surface area contributed by atoms with Gasteiger partial charge in [-0.15, -0.1) is 12.4 Å². The third-order valence-corrected chi connectivity index (χ3v) is 8.71. The second kappa shape index (κ2) is 12.2. The minimum absolute atomic E-state index is 0. The average Bonchev–Trinajstić information content (AvgIpc) is 3.33.